The number of halogens is 1. The lowest BCUT2D eigenvalue weighted by Crippen LogP contribution is -2.34. The van der Waals surface area contributed by atoms with Crippen molar-refractivity contribution >= 4 is 11.4 Å². The number of hydrogen-bond donors (Lipinski definition) is 1. The highest BCUT2D eigenvalue weighted by Gasteiger charge is 2.21. The number of rotatable bonds is 4. The molecule has 1 aliphatic heterocycles. The number of piperidine rings is 1. The molecule has 106 valence electrons. The summed E-state index contributed by atoms with van der Waals surface area (Å²) in [6, 6.07) is 3.10. The fourth-order valence-electron chi connectivity index (χ4n) is 2.68. The van der Waals surface area contributed by atoms with Crippen molar-refractivity contribution in [3.63, 3.8) is 0 Å². The molecule has 0 aliphatic carbocycles. The van der Waals surface area contributed by atoms with E-state index in [2.05, 4.69) is 11.8 Å². The van der Waals surface area contributed by atoms with Gasteiger partial charge in [-0.3, -0.25) is 0 Å². The molecule has 1 aliphatic rings. The second-order valence-corrected chi connectivity index (χ2v) is 5.11. The van der Waals surface area contributed by atoms with Gasteiger partial charge in [0.2, 0.25) is 0 Å². The second-order valence-electron chi connectivity index (χ2n) is 5.11. The van der Waals surface area contributed by atoms with E-state index in [1.54, 1.807) is 6.07 Å². The molecular weight excluding hydrogens is 243 g/mol. The van der Waals surface area contributed by atoms with Crippen LogP contribution >= 0.6 is 0 Å². The summed E-state index contributed by atoms with van der Waals surface area (Å²) in [6.07, 6.45) is 3.59. The average Bonchev–Trinajstić information content (AvgIpc) is 2.42. The minimum absolute atomic E-state index is 0.296. The third-order valence-electron chi connectivity index (χ3n) is 3.91. The third-order valence-corrected chi connectivity index (χ3v) is 3.91. The Balaban J connectivity index is 2.17. The normalized spacial score (nSPS) is 16.7. The largest absolute Gasteiger partial charge is 0.491 e. The zero-order valence-corrected chi connectivity index (χ0v) is 11.8. The molecule has 0 bridgehead atoms. The first kappa shape index (κ1) is 14.0. The van der Waals surface area contributed by atoms with Crippen LogP contribution in [0.4, 0.5) is 15.8 Å². The molecule has 2 N–H and O–H groups in total. The topological polar surface area (TPSA) is 38.5 Å². The molecule has 0 atom stereocenters. The van der Waals surface area contributed by atoms with Crippen molar-refractivity contribution in [2.24, 2.45) is 5.92 Å². The van der Waals surface area contributed by atoms with Crippen LogP contribution in [0.5, 0.6) is 5.75 Å². The monoisotopic (exact) mass is 266 g/mol. The van der Waals surface area contributed by atoms with Gasteiger partial charge in [-0.25, -0.2) is 4.39 Å². The molecule has 0 amide bonds. The Kier molecular flexibility index (Phi) is 4.51. The Labute approximate surface area is 114 Å². The maximum Gasteiger partial charge on any atom is 0.167 e. The fourth-order valence-corrected chi connectivity index (χ4v) is 2.68. The minimum atomic E-state index is -0.383. The molecule has 0 unspecified atom stereocenters. The van der Waals surface area contributed by atoms with Crippen LogP contribution in [0.25, 0.3) is 0 Å². The summed E-state index contributed by atoms with van der Waals surface area (Å²) in [5.41, 5.74) is 7.35. The fraction of sp³-hybridized carbons (Fsp3) is 0.600. The summed E-state index contributed by atoms with van der Waals surface area (Å²) in [5, 5.41) is 0. The van der Waals surface area contributed by atoms with Crippen molar-refractivity contribution < 1.29 is 9.13 Å². The molecule has 3 nitrogen and oxygen atoms in total. The first-order valence-corrected chi connectivity index (χ1v) is 7.12. The Morgan fingerprint density at radius 3 is 2.58 bits per heavy atom. The smallest absolute Gasteiger partial charge is 0.167 e. The number of nitrogen functional groups attached to an aromatic ring is 1. The van der Waals surface area contributed by atoms with E-state index in [1.807, 2.05) is 6.92 Å². The molecule has 1 aromatic carbocycles. The minimum Gasteiger partial charge on any atom is -0.491 e. The van der Waals surface area contributed by atoms with Crippen LogP contribution in [0.2, 0.25) is 0 Å². The molecule has 0 spiro atoms. The number of hydrogen-bond acceptors (Lipinski definition) is 3. The number of ether oxygens (including phenoxy) is 1. The van der Waals surface area contributed by atoms with Crippen molar-refractivity contribution in [1.82, 2.24) is 0 Å². The van der Waals surface area contributed by atoms with Gasteiger partial charge in [0.05, 0.1) is 18.0 Å². The lowest BCUT2D eigenvalue weighted by atomic mass is 9.94. The third kappa shape index (κ3) is 3.11. The summed E-state index contributed by atoms with van der Waals surface area (Å²) in [4.78, 5) is 2.24. The number of nitrogens with zero attached hydrogens (tertiary/aromatic N) is 1. The number of benzene rings is 1. The molecule has 1 fully saturated rings. The Morgan fingerprint density at radius 2 is 2.00 bits per heavy atom. The summed E-state index contributed by atoms with van der Waals surface area (Å²) in [5.74, 6) is 0.722. The van der Waals surface area contributed by atoms with Gasteiger partial charge in [0, 0.05) is 25.2 Å². The summed E-state index contributed by atoms with van der Waals surface area (Å²) < 4.78 is 19.0. The predicted molar refractivity (Wildman–Crippen MR) is 77.2 cm³/mol. The van der Waals surface area contributed by atoms with Gasteiger partial charge in [0.15, 0.2) is 11.6 Å². The Bertz CT molecular complexity index is 428. The van der Waals surface area contributed by atoms with Gasteiger partial charge < -0.3 is 15.4 Å². The highest BCUT2D eigenvalue weighted by molar-refractivity contribution is 5.70. The highest BCUT2D eigenvalue weighted by atomic mass is 19.1. The van der Waals surface area contributed by atoms with Crippen molar-refractivity contribution in [2.45, 2.75) is 33.1 Å². The van der Waals surface area contributed by atoms with Crippen molar-refractivity contribution in [3.05, 3.63) is 17.9 Å². The van der Waals surface area contributed by atoms with Crippen molar-refractivity contribution in [3.8, 4) is 5.75 Å². The van der Waals surface area contributed by atoms with Gasteiger partial charge in [-0.05, 0) is 25.7 Å². The number of anilines is 2. The molecule has 0 saturated carbocycles. The van der Waals surface area contributed by atoms with Crippen LogP contribution in [0.15, 0.2) is 12.1 Å². The van der Waals surface area contributed by atoms with Crippen LogP contribution in [0.3, 0.4) is 0 Å². The van der Waals surface area contributed by atoms with Crippen molar-refractivity contribution in [1.29, 1.82) is 0 Å². The maximum absolute atomic E-state index is 13.7. The summed E-state index contributed by atoms with van der Waals surface area (Å²) in [7, 11) is 0. The number of nitrogens with two attached hydrogens (primary N) is 1. The van der Waals surface area contributed by atoms with Gasteiger partial charge in [0.1, 0.15) is 0 Å². The molecule has 1 aromatic rings. The molecule has 1 heterocycles. The second kappa shape index (κ2) is 6.13. The van der Waals surface area contributed by atoms with Crippen LogP contribution in [-0.4, -0.2) is 19.7 Å². The standard InChI is InChI=1S/C15H23FN2O/c1-3-11-5-7-18(8-6-11)14-10-15(19-4-2)12(16)9-13(14)17/h9-11H,3-8,17H2,1-2H3. The van der Waals surface area contributed by atoms with E-state index < -0.39 is 0 Å². The van der Waals surface area contributed by atoms with E-state index in [4.69, 9.17) is 10.5 Å². The first-order valence-electron chi connectivity index (χ1n) is 7.12. The van der Waals surface area contributed by atoms with E-state index in [0.29, 0.717) is 18.0 Å². The van der Waals surface area contributed by atoms with Gasteiger partial charge in [-0.15, -0.1) is 0 Å². The molecule has 0 radical (unpaired) electrons. The maximum atomic E-state index is 13.7. The lowest BCUT2D eigenvalue weighted by Gasteiger charge is -2.34. The Morgan fingerprint density at radius 1 is 1.32 bits per heavy atom. The van der Waals surface area contributed by atoms with Gasteiger partial charge in [-0.1, -0.05) is 13.3 Å². The van der Waals surface area contributed by atoms with Crippen LogP contribution in [0.1, 0.15) is 33.1 Å². The van der Waals surface area contributed by atoms with Crippen LogP contribution in [-0.2, 0) is 0 Å². The van der Waals surface area contributed by atoms with E-state index in [0.717, 1.165) is 24.7 Å². The molecule has 1 saturated heterocycles. The lowest BCUT2D eigenvalue weighted by molar-refractivity contribution is 0.321. The zero-order chi connectivity index (χ0) is 13.8. The summed E-state index contributed by atoms with van der Waals surface area (Å²) in [6.45, 7) is 6.51. The van der Waals surface area contributed by atoms with Crippen molar-refractivity contribution in [2.75, 3.05) is 30.3 Å². The van der Waals surface area contributed by atoms with Gasteiger partial charge >= 0.3 is 0 Å². The van der Waals surface area contributed by atoms with E-state index >= 15 is 0 Å². The zero-order valence-electron chi connectivity index (χ0n) is 11.8. The van der Waals surface area contributed by atoms with E-state index in [-0.39, 0.29) is 5.82 Å². The van der Waals surface area contributed by atoms with E-state index in [9.17, 15) is 4.39 Å². The van der Waals surface area contributed by atoms with Gasteiger partial charge in [-0.2, -0.15) is 0 Å². The molecular formula is C15H23FN2O. The Hall–Kier alpha value is -1.45. The molecule has 0 aromatic heterocycles. The predicted octanol–water partition coefficient (Wildman–Crippen LogP) is 3.43. The quantitative estimate of drug-likeness (QED) is 0.848. The van der Waals surface area contributed by atoms with Gasteiger partial charge in [0.25, 0.3) is 0 Å². The molecule has 19 heavy (non-hydrogen) atoms. The van der Waals surface area contributed by atoms with Crippen LogP contribution in [0, 0.1) is 11.7 Å². The average molecular weight is 266 g/mol. The first-order chi connectivity index (χ1) is 9.15. The summed E-state index contributed by atoms with van der Waals surface area (Å²) >= 11 is 0. The van der Waals surface area contributed by atoms with E-state index in [1.165, 1.54) is 25.3 Å². The molecule has 2 rings (SSSR count). The highest BCUT2D eigenvalue weighted by Crippen LogP contribution is 2.34. The SMILES string of the molecule is CCOc1cc(N2CCC(CC)CC2)c(N)cc1F. The molecule has 4 heteroatoms. The van der Waals surface area contributed by atoms with Crippen LogP contribution < -0.4 is 15.4 Å².